The number of aryl methyl sites for hydroxylation is 1. The first-order chi connectivity index (χ1) is 16.4. The van der Waals surface area contributed by atoms with Crippen LogP contribution >= 0.6 is 0 Å². The minimum atomic E-state index is -1.00. The second-order valence-corrected chi connectivity index (χ2v) is 8.65. The van der Waals surface area contributed by atoms with Crippen molar-refractivity contribution in [1.29, 1.82) is 0 Å². The fraction of sp³-hybridized carbons (Fsp3) is 0.321. The standard InChI is InChI=1S/C28H32N2O4/c1-3-4-15-25(27(33)29-24(18-26(31)32)22-13-9-6-10-14-22)30-19-20(2)16-23(28(30)34)17-21-11-7-5-8-12-21/h5-14,16,19,24-25H,3-4,15,17-18H2,1-2H3,(H,29,33)(H,31,32)/t24-,25?/m1/s1. The van der Waals surface area contributed by atoms with Gasteiger partial charge < -0.3 is 15.0 Å². The first kappa shape index (κ1) is 25.0. The molecule has 3 aromatic rings. The largest absolute Gasteiger partial charge is 0.481 e. The Balaban J connectivity index is 1.95. The van der Waals surface area contributed by atoms with E-state index in [0.29, 0.717) is 24.0 Å². The number of carboxylic acids is 1. The number of unbranched alkanes of at least 4 members (excludes halogenated alkanes) is 1. The average Bonchev–Trinajstić information content (AvgIpc) is 2.82. The third-order valence-corrected chi connectivity index (χ3v) is 5.86. The fourth-order valence-corrected chi connectivity index (χ4v) is 4.17. The van der Waals surface area contributed by atoms with Gasteiger partial charge in [0.2, 0.25) is 5.91 Å². The third kappa shape index (κ3) is 6.67. The number of rotatable bonds is 11. The highest BCUT2D eigenvalue weighted by atomic mass is 16.4. The summed E-state index contributed by atoms with van der Waals surface area (Å²) >= 11 is 0. The summed E-state index contributed by atoms with van der Waals surface area (Å²) in [6, 6.07) is 19.3. The van der Waals surface area contributed by atoms with Crippen molar-refractivity contribution >= 4 is 11.9 Å². The Morgan fingerprint density at radius 3 is 2.29 bits per heavy atom. The number of carboxylic acid groups (broad SMARTS) is 1. The molecule has 6 heteroatoms. The maximum Gasteiger partial charge on any atom is 0.305 e. The van der Waals surface area contributed by atoms with Crippen LogP contribution < -0.4 is 10.9 Å². The molecule has 0 saturated heterocycles. The van der Waals surface area contributed by atoms with Gasteiger partial charge in [0.25, 0.3) is 5.56 Å². The van der Waals surface area contributed by atoms with E-state index >= 15 is 0 Å². The van der Waals surface area contributed by atoms with Gasteiger partial charge >= 0.3 is 5.97 Å². The zero-order valence-electron chi connectivity index (χ0n) is 19.7. The molecule has 0 fully saturated rings. The van der Waals surface area contributed by atoms with Crippen LogP contribution in [-0.2, 0) is 16.0 Å². The SMILES string of the molecule is CCCCC(C(=O)N[C@H](CC(=O)O)c1ccccc1)n1cc(C)cc(Cc2ccccc2)c1=O. The van der Waals surface area contributed by atoms with E-state index in [1.807, 2.05) is 68.4 Å². The molecule has 34 heavy (non-hydrogen) atoms. The number of nitrogens with one attached hydrogen (secondary N) is 1. The predicted octanol–water partition coefficient (Wildman–Crippen LogP) is 4.81. The molecule has 2 N–H and O–H groups in total. The number of benzene rings is 2. The van der Waals surface area contributed by atoms with Crippen molar-refractivity contribution in [3.8, 4) is 0 Å². The Morgan fingerprint density at radius 2 is 1.68 bits per heavy atom. The molecule has 0 spiro atoms. The lowest BCUT2D eigenvalue weighted by Crippen LogP contribution is -2.40. The molecule has 2 atom stereocenters. The molecule has 0 aliphatic rings. The van der Waals surface area contributed by atoms with E-state index in [-0.39, 0.29) is 17.9 Å². The van der Waals surface area contributed by atoms with Gasteiger partial charge in [-0.05, 0) is 36.1 Å². The molecule has 1 aromatic heterocycles. The Kier molecular flexibility index (Phi) is 8.79. The maximum atomic E-state index is 13.5. The summed E-state index contributed by atoms with van der Waals surface area (Å²) in [4.78, 5) is 38.4. The fourth-order valence-electron chi connectivity index (χ4n) is 4.17. The van der Waals surface area contributed by atoms with E-state index in [0.717, 1.165) is 24.0 Å². The minimum Gasteiger partial charge on any atom is -0.481 e. The van der Waals surface area contributed by atoms with Gasteiger partial charge in [0.1, 0.15) is 6.04 Å². The summed E-state index contributed by atoms with van der Waals surface area (Å²) in [6.45, 7) is 3.95. The van der Waals surface area contributed by atoms with E-state index in [1.54, 1.807) is 18.3 Å². The van der Waals surface area contributed by atoms with Crippen LogP contribution in [0.4, 0.5) is 0 Å². The van der Waals surface area contributed by atoms with Crippen molar-refractivity contribution in [3.63, 3.8) is 0 Å². The first-order valence-electron chi connectivity index (χ1n) is 11.7. The monoisotopic (exact) mass is 460 g/mol. The smallest absolute Gasteiger partial charge is 0.305 e. The lowest BCUT2D eigenvalue weighted by Gasteiger charge is -2.24. The van der Waals surface area contributed by atoms with E-state index in [9.17, 15) is 19.5 Å². The van der Waals surface area contributed by atoms with Crippen molar-refractivity contribution in [2.75, 3.05) is 0 Å². The van der Waals surface area contributed by atoms with Gasteiger partial charge in [-0.1, -0.05) is 80.4 Å². The van der Waals surface area contributed by atoms with Crippen LogP contribution in [0.3, 0.4) is 0 Å². The highest BCUT2D eigenvalue weighted by Crippen LogP contribution is 2.21. The Labute approximate surface area is 200 Å². The molecule has 0 radical (unpaired) electrons. The Bertz CT molecular complexity index is 1160. The number of pyridine rings is 1. The van der Waals surface area contributed by atoms with Crippen molar-refractivity contribution in [1.82, 2.24) is 9.88 Å². The molecule has 0 aliphatic heterocycles. The van der Waals surface area contributed by atoms with Crippen molar-refractivity contribution in [3.05, 3.63) is 106 Å². The van der Waals surface area contributed by atoms with Gasteiger partial charge in [-0.25, -0.2) is 0 Å². The molecule has 1 amide bonds. The van der Waals surface area contributed by atoms with Crippen LogP contribution in [0, 0.1) is 6.92 Å². The zero-order chi connectivity index (χ0) is 24.5. The topological polar surface area (TPSA) is 88.4 Å². The van der Waals surface area contributed by atoms with Crippen LogP contribution in [0.1, 0.15) is 66.9 Å². The summed E-state index contributed by atoms with van der Waals surface area (Å²) in [5.74, 6) is -1.35. The normalized spacial score (nSPS) is 12.6. The molecule has 3 rings (SSSR count). The molecular formula is C28H32N2O4. The van der Waals surface area contributed by atoms with E-state index in [1.165, 1.54) is 4.57 Å². The average molecular weight is 461 g/mol. The number of hydrogen-bond donors (Lipinski definition) is 2. The number of aromatic nitrogens is 1. The number of amides is 1. The molecule has 2 aromatic carbocycles. The molecule has 178 valence electrons. The van der Waals surface area contributed by atoms with Gasteiger partial charge in [-0.15, -0.1) is 0 Å². The summed E-state index contributed by atoms with van der Waals surface area (Å²) in [6.07, 6.45) is 4.10. The Morgan fingerprint density at radius 1 is 1.03 bits per heavy atom. The molecule has 1 heterocycles. The van der Waals surface area contributed by atoms with Crippen molar-refractivity contribution in [2.24, 2.45) is 0 Å². The highest BCUT2D eigenvalue weighted by Gasteiger charge is 2.26. The summed E-state index contributed by atoms with van der Waals surface area (Å²) < 4.78 is 1.53. The minimum absolute atomic E-state index is 0.194. The van der Waals surface area contributed by atoms with E-state index in [2.05, 4.69) is 5.32 Å². The molecule has 6 nitrogen and oxygen atoms in total. The number of nitrogens with zero attached hydrogens (tertiary/aromatic N) is 1. The van der Waals surface area contributed by atoms with Crippen LogP contribution in [-0.4, -0.2) is 21.6 Å². The Hall–Kier alpha value is -3.67. The van der Waals surface area contributed by atoms with E-state index in [4.69, 9.17) is 0 Å². The second kappa shape index (κ2) is 12.0. The van der Waals surface area contributed by atoms with Gasteiger partial charge in [-0.3, -0.25) is 14.4 Å². The quantitative estimate of drug-likeness (QED) is 0.430. The van der Waals surface area contributed by atoms with E-state index < -0.39 is 18.1 Å². The zero-order valence-corrected chi connectivity index (χ0v) is 19.7. The molecule has 1 unspecified atom stereocenters. The van der Waals surface area contributed by atoms with Gasteiger partial charge in [-0.2, -0.15) is 0 Å². The summed E-state index contributed by atoms with van der Waals surface area (Å²) in [7, 11) is 0. The van der Waals surface area contributed by atoms with Crippen LogP contribution in [0.5, 0.6) is 0 Å². The molecular weight excluding hydrogens is 428 g/mol. The number of carbonyl (C=O) groups excluding carboxylic acids is 1. The van der Waals surface area contributed by atoms with Crippen LogP contribution in [0.25, 0.3) is 0 Å². The molecule has 0 aliphatic carbocycles. The molecule has 0 saturated carbocycles. The maximum absolute atomic E-state index is 13.5. The number of hydrogen-bond acceptors (Lipinski definition) is 3. The molecule has 0 bridgehead atoms. The lowest BCUT2D eigenvalue weighted by atomic mass is 10.0. The predicted molar refractivity (Wildman–Crippen MR) is 133 cm³/mol. The number of carbonyl (C=O) groups is 2. The first-order valence-corrected chi connectivity index (χ1v) is 11.7. The number of aliphatic carboxylic acids is 1. The lowest BCUT2D eigenvalue weighted by molar-refractivity contribution is -0.137. The third-order valence-electron chi connectivity index (χ3n) is 5.86. The van der Waals surface area contributed by atoms with Crippen LogP contribution in [0.2, 0.25) is 0 Å². The van der Waals surface area contributed by atoms with Crippen molar-refractivity contribution in [2.45, 2.75) is 58.0 Å². The van der Waals surface area contributed by atoms with Gasteiger partial charge in [0.15, 0.2) is 0 Å². The second-order valence-electron chi connectivity index (χ2n) is 8.65. The van der Waals surface area contributed by atoms with Gasteiger partial charge in [0, 0.05) is 18.2 Å². The van der Waals surface area contributed by atoms with Crippen molar-refractivity contribution < 1.29 is 14.7 Å². The summed E-state index contributed by atoms with van der Waals surface area (Å²) in [5.41, 5.74) is 3.07. The highest BCUT2D eigenvalue weighted by molar-refractivity contribution is 5.81. The van der Waals surface area contributed by atoms with Gasteiger partial charge in [0.05, 0.1) is 12.5 Å². The van der Waals surface area contributed by atoms with Crippen LogP contribution in [0.15, 0.2) is 77.7 Å². The summed E-state index contributed by atoms with van der Waals surface area (Å²) in [5, 5.41) is 12.3.